The number of rotatable bonds is 14. The highest BCUT2D eigenvalue weighted by Crippen LogP contribution is 2.24. The number of hydrogen-bond donors (Lipinski definition) is 2. The Bertz CT molecular complexity index is 355. The van der Waals surface area contributed by atoms with Crippen LogP contribution in [0.3, 0.4) is 0 Å². The molecule has 2 fully saturated rings. The Hall–Kier alpha value is -0.0500. The van der Waals surface area contributed by atoms with Crippen LogP contribution in [-0.2, 0) is 18.6 Å². The Kier molecular flexibility index (Phi) is 24.5. The van der Waals surface area contributed by atoms with Gasteiger partial charge in [-0.25, -0.2) is 0 Å². The van der Waals surface area contributed by atoms with E-state index in [1.54, 1.807) is 0 Å². The highest BCUT2D eigenvalue weighted by atomic mass is 31.2. The first-order valence-corrected chi connectivity index (χ1v) is 14.0. The van der Waals surface area contributed by atoms with Crippen LogP contribution in [0.5, 0.6) is 0 Å². The minimum Gasteiger partial charge on any atom is -0.790 e. The molecule has 2 aliphatic rings. The molecule has 0 aromatic rings. The van der Waals surface area contributed by atoms with E-state index in [1.165, 1.54) is 57.8 Å². The first-order chi connectivity index (χ1) is 15.1. The van der Waals surface area contributed by atoms with E-state index in [1.807, 2.05) is 0 Å². The highest BCUT2D eigenvalue weighted by Gasteiger charge is 1.98. The summed E-state index contributed by atoms with van der Waals surface area (Å²) in [4.78, 5) is 20.4. The zero-order chi connectivity index (χ0) is 22.9. The second-order valence-corrected chi connectivity index (χ2v) is 9.28. The Morgan fingerprint density at radius 2 is 1.03 bits per heavy atom. The lowest BCUT2D eigenvalue weighted by Gasteiger charge is -2.28. The zero-order valence-corrected chi connectivity index (χ0v) is 20.8. The van der Waals surface area contributed by atoms with Gasteiger partial charge in [-0.3, -0.25) is 0 Å². The van der Waals surface area contributed by atoms with Gasteiger partial charge in [0.15, 0.2) is 0 Å². The second kappa shape index (κ2) is 24.6. The maximum atomic E-state index is 10.2. The summed E-state index contributed by atoms with van der Waals surface area (Å²) < 4.78 is 24.4. The fraction of sp³-hybridized carbons (Fsp3) is 1.00. The van der Waals surface area contributed by atoms with E-state index < -0.39 is 7.82 Å². The molecular formula is C22H49N2O6P. The van der Waals surface area contributed by atoms with Gasteiger partial charge >= 0.3 is 0 Å². The highest BCUT2D eigenvalue weighted by molar-refractivity contribution is 7.43. The molecule has 0 aromatic carbocycles. The van der Waals surface area contributed by atoms with Crippen molar-refractivity contribution in [2.45, 2.75) is 84.0 Å². The molecule has 2 rings (SSSR count). The van der Waals surface area contributed by atoms with Crippen molar-refractivity contribution in [1.29, 1.82) is 0 Å². The standard InChI is InChI=1S/C14H31O4P.2C4H9NO/c1-2-3-4-5-6-7-8-9-10-11-12-13-14-18-19(15,16)17;2*1-3-6-4-2-5-1/h2-14H2,1H3,(H2,15,16,17);2*5H,1-4H2. The minimum absolute atomic E-state index is 0.0434. The number of unbranched alkanes of at least 4 members (excludes halogenated alkanes) is 11. The van der Waals surface area contributed by atoms with Crippen molar-refractivity contribution in [3.8, 4) is 0 Å². The second-order valence-electron chi connectivity index (χ2n) is 8.13. The van der Waals surface area contributed by atoms with E-state index in [2.05, 4.69) is 22.1 Å². The Labute approximate surface area is 190 Å². The van der Waals surface area contributed by atoms with Crippen LogP contribution in [0.4, 0.5) is 0 Å². The molecule has 0 aromatic heterocycles. The summed E-state index contributed by atoms with van der Waals surface area (Å²) in [5.41, 5.74) is 0. The molecule has 9 heteroatoms. The van der Waals surface area contributed by atoms with Gasteiger partial charge in [0.05, 0.1) is 67.0 Å². The van der Waals surface area contributed by atoms with E-state index in [4.69, 9.17) is 9.47 Å². The SMILES string of the molecule is C1COCC[NH2+]1.C1COCC[NH2+]1.CCCCCCCCCCCCCCOP(=O)([O-])[O-]. The molecule has 0 bridgehead atoms. The molecule has 4 N–H and O–H groups in total. The number of morpholine rings is 2. The van der Waals surface area contributed by atoms with Crippen LogP contribution in [0, 0.1) is 0 Å². The molecule has 2 heterocycles. The number of quaternary nitrogens is 2. The molecule has 0 radical (unpaired) electrons. The molecule has 2 aliphatic heterocycles. The molecular weight excluding hydrogens is 419 g/mol. The number of hydrogen-bond acceptors (Lipinski definition) is 6. The molecule has 0 unspecified atom stereocenters. The molecule has 8 nitrogen and oxygen atoms in total. The number of ether oxygens (including phenoxy) is 2. The average Bonchev–Trinajstić information content (AvgIpc) is 2.79. The number of phosphoric acid groups is 1. The van der Waals surface area contributed by atoms with Gasteiger partial charge in [0.2, 0.25) is 0 Å². The largest absolute Gasteiger partial charge is 0.790 e. The van der Waals surface area contributed by atoms with E-state index in [9.17, 15) is 14.4 Å². The third-order valence-electron chi connectivity index (χ3n) is 5.11. The molecule has 0 aliphatic carbocycles. The average molecular weight is 469 g/mol. The van der Waals surface area contributed by atoms with Crippen LogP contribution in [-0.4, -0.2) is 59.2 Å². The van der Waals surface area contributed by atoms with E-state index in [-0.39, 0.29) is 6.61 Å². The van der Waals surface area contributed by atoms with Crippen molar-refractivity contribution in [2.75, 3.05) is 59.2 Å². The zero-order valence-electron chi connectivity index (χ0n) is 19.9. The maximum absolute atomic E-state index is 10.2. The smallest absolute Gasteiger partial charge is 0.0993 e. The molecule has 0 spiro atoms. The summed E-state index contributed by atoms with van der Waals surface area (Å²) in [6.07, 6.45) is 14.6. The third kappa shape index (κ3) is 29.9. The van der Waals surface area contributed by atoms with Crippen molar-refractivity contribution >= 4 is 7.82 Å². The Balaban J connectivity index is 0.000000594. The summed E-state index contributed by atoms with van der Waals surface area (Å²) in [7, 11) is -4.75. The Morgan fingerprint density at radius 3 is 1.29 bits per heavy atom. The molecule has 0 amide bonds. The van der Waals surface area contributed by atoms with Crippen molar-refractivity contribution < 1.29 is 39.0 Å². The molecule has 0 atom stereocenters. The molecule has 31 heavy (non-hydrogen) atoms. The van der Waals surface area contributed by atoms with E-state index in [0.29, 0.717) is 6.42 Å². The van der Waals surface area contributed by atoms with Crippen molar-refractivity contribution in [2.24, 2.45) is 0 Å². The van der Waals surface area contributed by atoms with Crippen LogP contribution >= 0.6 is 7.82 Å². The van der Waals surface area contributed by atoms with Crippen LogP contribution in [0.25, 0.3) is 0 Å². The van der Waals surface area contributed by atoms with E-state index >= 15 is 0 Å². The molecule has 0 saturated carbocycles. The van der Waals surface area contributed by atoms with Gasteiger partial charge < -0.3 is 39.0 Å². The number of nitrogens with two attached hydrogens (primary N) is 2. The lowest BCUT2D eigenvalue weighted by atomic mass is 10.1. The maximum Gasteiger partial charge on any atom is 0.0993 e. The Morgan fingerprint density at radius 1 is 0.677 bits per heavy atom. The third-order valence-corrected chi connectivity index (χ3v) is 5.61. The summed E-state index contributed by atoms with van der Waals surface area (Å²) in [5.74, 6) is 0. The van der Waals surface area contributed by atoms with E-state index in [0.717, 1.165) is 65.4 Å². The predicted molar refractivity (Wildman–Crippen MR) is 120 cm³/mol. The van der Waals surface area contributed by atoms with Crippen LogP contribution in [0.2, 0.25) is 0 Å². The number of phosphoric ester groups is 1. The summed E-state index contributed by atoms with van der Waals surface area (Å²) in [6, 6.07) is 0. The first-order valence-electron chi connectivity index (χ1n) is 12.5. The van der Waals surface area contributed by atoms with Crippen molar-refractivity contribution in [3.05, 3.63) is 0 Å². The fourth-order valence-electron chi connectivity index (χ4n) is 3.28. The van der Waals surface area contributed by atoms with Gasteiger partial charge in [0.25, 0.3) is 0 Å². The van der Waals surface area contributed by atoms with Crippen LogP contribution < -0.4 is 20.4 Å². The fourth-order valence-corrected chi connectivity index (χ4v) is 3.63. The quantitative estimate of drug-likeness (QED) is 0.286. The van der Waals surface area contributed by atoms with Crippen molar-refractivity contribution in [1.82, 2.24) is 0 Å². The molecule has 2 saturated heterocycles. The topological polar surface area (TPSA) is 124 Å². The molecule has 188 valence electrons. The summed E-state index contributed by atoms with van der Waals surface area (Å²) in [5, 5.41) is 4.53. The van der Waals surface area contributed by atoms with Gasteiger partial charge in [-0.2, -0.15) is 0 Å². The van der Waals surface area contributed by atoms with Gasteiger partial charge in [-0.1, -0.05) is 77.6 Å². The van der Waals surface area contributed by atoms with Gasteiger partial charge in [-0.05, 0) is 6.42 Å². The minimum atomic E-state index is -4.75. The predicted octanol–water partition coefficient (Wildman–Crippen LogP) is 0.693. The lowest BCUT2D eigenvalue weighted by Crippen LogP contribution is -2.87. The van der Waals surface area contributed by atoms with Crippen LogP contribution in [0.15, 0.2) is 0 Å². The summed E-state index contributed by atoms with van der Waals surface area (Å²) in [6.45, 7) is 10.7. The van der Waals surface area contributed by atoms with Gasteiger partial charge in [0, 0.05) is 0 Å². The van der Waals surface area contributed by atoms with Crippen LogP contribution in [0.1, 0.15) is 84.0 Å². The van der Waals surface area contributed by atoms with Crippen molar-refractivity contribution in [3.63, 3.8) is 0 Å². The van der Waals surface area contributed by atoms with Gasteiger partial charge in [-0.15, -0.1) is 0 Å². The normalized spacial score (nSPS) is 16.6. The van der Waals surface area contributed by atoms with Gasteiger partial charge in [0.1, 0.15) is 0 Å². The monoisotopic (exact) mass is 468 g/mol. The lowest BCUT2D eigenvalue weighted by molar-refractivity contribution is -0.670. The summed E-state index contributed by atoms with van der Waals surface area (Å²) >= 11 is 0. The first kappa shape index (κ1) is 30.9.